The molecule has 0 aromatic carbocycles. The summed E-state index contributed by atoms with van der Waals surface area (Å²) in [5.41, 5.74) is 1.82. The standard InChI is InChI=1S/C18H19N3O2S2/c1-10(2)21-17(23)15-11-5-3-7-14(11)25-16(15)20-18(21)24-9-13(22)12-6-4-8-19-12/h4,6,8,10,19H,3,5,7,9H2,1-2H3. The first-order valence-electron chi connectivity index (χ1n) is 8.42. The number of thiophene rings is 1. The molecule has 0 fully saturated rings. The number of thioether (sulfide) groups is 1. The molecule has 25 heavy (non-hydrogen) atoms. The predicted octanol–water partition coefficient (Wildman–Crippen LogP) is 3.83. The number of hydrogen-bond donors (Lipinski definition) is 1. The third-order valence-corrected chi connectivity index (χ3v) is 6.62. The number of fused-ring (bicyclic) bond motifs is 3. The zero-order valence-corrected chi connectivity index (χ0v) is 15.8. The molecule has 0 unspecified atom stereocenters. The van der Waals surface area contributed by atoms with E-state index in [0.29, 0.717) is 10.9 Å². The van der Waals surface area contributed by atoms with Crippen LogP contribution in [0.4, 0.5) is 0 Å². The molecule has 130 valence electrons. The fourth-order valence-corrected chi connectivity index (χ4v) is 5.62. The van der Waals surface area contributed by atoms with E-state index in [1.807, 2.05) is 13.8 Å². The maximum absolute atomic E-state index is 13.1. The lowest BCUT2D eigenvalue weighted by molar-refractivity contribution is 0.101. The number of H-pyrrole nitrogens is 1. The summed E-state index contributed by atoms with van der Waals surface area (Å²) in [5.74, 6) is 0.268. The topological polar surface area (TPSA) is 67.8 Å². The van der Waals surface area contributed by atoms with Crippen molar-refractivity contribution in [3.63, 3.8) is 0 Å². The summed E-state index contributed by atoms with van der Waals surface area (Å²) in [6.45, 7) is 3.97. The lowest BCUT2D eigenvalue weighted by atomic mass is 10.2. The van der Waals surface area contributed by atoms with Gasteiger partial charge in [-0.25, -0.2) is 4.98 Å². The van der Waals surface area contributed by atoms with Gasteiger partial charge in [-0.1, -0.05) is 11.8 Å². The summed E-state index contributed by atoms with van der Waals surface area (Å²) < 4.78 is 1.74. The van der Waals surface area contributed by atoms with Crippen molar-refractivity contribution in [2.24, 2.45) is 0 Å². The van der Waals surface area contributed by atoms with E-state index in [1.54, 1.807) is 34.2 Å². The van der Waals surface area contributed by atoms with Gasteiger partial charge < -0.3 is 4.98 Å². The van der Waals surface area contributed by atoms with Crippen LogP contribution in [0.5, 0.6) is 0 Å². The number of rotatable bonds is 5. The summed E-state index contributed by atoms with van der Waals surface area (Å²) in [6, 6.07) is 3.57. The fourth-order valence-electron chi connectivity index (χ4n) is 3.31. The van der Waals surface area contributed by atoms with Gasteiger partial charge in [-0.05, 0) is 50.8 Å². The lowest BCUT2D eigenvalue weighted by Gasteiger charge is -2.15. The molecule has 0 atom stereocenters. The van der Waals surface area contributed by atoms with Gasteiger partial charge in [-0.3, -0.25) is 14.2 Å². The van der Waals surface area contributed by atoms with Crippen LogP contribution in [0.2, 0.25) is 0 Å². The molecule has 1 N–H and O–H groups in total. The second-order valence-electron chi connectivity index (χ2n) is 6.50. The largest absolute Gasteiger partial charge is 0.359 e. The van der Waals surface area contributed by atoms with E-state index in [9.17, 15) is 9.59 Å². The number of aromatic amines is 1. The van der Waals surface area contributed by atoms with Gasteiger partial charge in [0.25, 0.3) is 5.56 Å². The van der Waals surface area contributed by atoms with Crippen molar-refractivity contribution >= 4 is 39.1 Å². The second kappa shape index (κ2) is 6.46. The highest BCUT2D eigenvalue weighted by Crippen LogP contribution is 2.36. The van der Waals surface area contributed by atoms with Crippen molar-refractivity contribution in [1.29, 1.82) is 0 Å². The Morgan fingerprint density at radius 2 is 2.28 bits per heavy atom. The molecular weight excluding hydrogens is 354 g/mol. The van der Waals surface area contributed by atoms with E-state index < -0.39 is 0 Å². The van der Waals surface area contributed by atoms with Crippen LogP contribution in [0, 0.1) is 0 Å². The normalized spacial score (nSPS) is 13.7. The molecule has 1 aliphatic carbocycles. The summed E-state index contributed by atoms with van der Waals surface area (Å²) in [4.78, 5) is 35.2. The Bertz CT molecular complexity index is 1000. The van der Waals surface area contributed by atoms with Crippen molar-refractivity contribution in [1.82, 2.24) is 14.5 Å². The van der Waals surface area contributed by atoms with Gasteiger partial charge in [0.15, 0.2) is 10.9 Å². The molecule has 0 bridgehead atoms. The number of aryl methyl sites for hydroxylation is 2. The summed E-state index contributed by atoms with van der Waals surface area (Å²) in [7, 11) is 0. The molecule has 3 heterocycles. The SMILES string of the molecule is CC(C)n1c(SCC(=O)c2ccc[nH]2)nc2sc3c(c2c1=O)CCC3. The quantitative estimate of drug-likeness (QED) is 0.419. The van der Waals surface area contributed by atoms with E-state index in [2.05, 4.69) is 4.98 Å². The highest BCUT2D eigenvalue weighted by molar-refractivity contribution is 7.99. The van der Waals surface area contributed by atoms with Crippen LogP contribution in [-0.2, 0) is 12.8 Å². The molecular formula is C18H19N3O2S2. The summed E-state index contributed by atoms with van der Waals surface area (Å²) >= 11 is 2.98. The van der Waals surface area contributed by atoms with Crippen LogP contribution in [-0.4, -0.2) is 26.1 Å². The van der Waals surface area contributed by atoms with E-state index >= 15 is 0 Å². The Morgan fingerprint density at radius 1 is 1.44 bits per heavy atom. The molecule has 0 saturated heterocycles. The van der Waals surface area contributed by atoms with Crippen molar-refractivity contribution in [3.05, 3.63) is 44.8 Å². The van der Waals surface area contributed by atoms with Gasteiger partial charge in [-0.15, -0.1) is 11.3 Å². The van der Waals surface area contributed by atoms with Gasteiger partial charge in [0.05, 0.1) is 16.8 Å². The minimum Gasteiger partial charge on any atom is -0.359 e. The molecule has 0 spiro atoms. The first-order valence-corrected chi connectivity index (χ1v) is 10.2. The number of Topliss-reactive ketones (excluding diaryl/α,β-unsaturated/α-hetero) is 1. The molecule has 1 aliphatic rings. The Kier molecular flexibility index (Phi) is 4.29. The molecule has 7 heteroatoms. The average molecular weight is 374 g/mol. The smallest absolute Gasteiger partial charge is 0.263 e. The molecule has 3 aromatic rings. The van der Waals surface area contributed by atoms with Gasteiger partial charge in [0, 0.05) is 17.1 Å². The molecule has 4 rings (SSSR count). The zero-order valence-electron chi connectivity index (χ0n) is 14.2. The predicted molar refractivity (Wildman–Crippen MR) is 102 cm³/mol. The van der Waals surface area contributed by atoms with Crippen molar-refractivity contribution in [3.8, 4) is 0 Å². The van der Waals surface area contributed by atoms with Crippen LogP contribution in [0.1, 0.15) is 47.2 Å². The number of carbonyl (C=O) groups is 1. The van der Waals surface area contributed by atoms with Crippen molar-refractivity contribution < 1.29 is 4.79 Å². The van der Waals surface area contributed by atoms with Gasteiger partial charge >= 0.3 is 0 Å². The summed E-state index contributed by atoms with van der Waals surface area (Å²) in [5, 5.41) is 1.43. The van der Waals surface area contributed by atoms with Crippen LogP contribution < -0.4 is 5.56 Å². The van der Waals surface area contributed by atoms with Crippen LogP contribution in [0.3, 0.4) is 0 Å². The van der Waals surface area contributed by atoms with Crippen LogP contribution >= 0.6 is 23.1 Å². The number of hydrogen-bond acceptors (Lipinski definition) is 5. The number of carbonyl (C=O) groups excluding carboxylic acids is 1. The molecule has 0 amide bonds. The highest BCUT2D eigenvalue weighted by atomic mass is 32.2. The summed E-state index contributed by atoms with van der Waals surface area (Å²) in [6.07, 6.45) is 4.88. The third-order valence-electron chi connectivity index (χ3n) is 4.49. The average Bonchev–Trinajstić information content (AvgIpc) is 3.28. The number of ketones is 1. The fraction of sp³-hybridized carbons (Fsp3) is 0.389. The highest BCUT2D eigenvalue weighted by Gasteiger charge is 2.24. The second-order valence-corrected chi connectivity index (χ2v) is 8.52. The van der Waals surface area contributed by atoms with Gasteiger partial charge in [0.1, 0.15) is 4.83 Å². The van der Waals surface area contributed by atoms with Crippen molar-refractivity contribution in [2.45, 2.75) is 44.3 Å². The van der Waals surface area contributed by atoms with Gasteiger partial charge in [0.2, 0.25) is 0 Å². The van der Waals surface area contributed by atoms with E-state index in [-0.39, 0.29) is 23.1 Å². The number of aromatic nitrogens is 3. The first kappa shape index (κ1) is 16.6. The Balaban J connectivity index is 1.74. The lowest BCUT2D eigenvalue weighted by Crippen LogP contribution is -2.25. The minimum atomic E-state index is 0.00411. The molecule has 5 nitrogen and oxygen atoms in total. The number of nitrogens with one attached hydrogen (secondary N) is 1. The Labute approximate surface area is 153 Å². The van der Waals surface area contributed by atoms with E-state index in [0.717, 1.165) is 29.5 Å². The maximum Gasteiger partial charge on any atom is 0.263 e. The van der Waals surface area contributed by atoms with Crippen LogP contribution in [0.15, 0.2) is 28.3 Å². The van der Waals surface area contributed by atoms with Crippen molar-refractivity contribution in [2.75, 3.05) is 5.75 Å². The molecule has 0 radical (unpaired) electrons. The Hall–Kier alpha value is -1.86. The van der Waals surface area contributed by atoms with Crippen LogP contribution in [0.25, 0.3) is 10.2 Å². The van der Waals surface area contributed by atoms with E-state index in [4.69, 9.17) is 4.98 Å². The van der Waals surface area contributed by atoms with E-state index in [1.165, 1.54) is 22.2 Å². The molecule has 0 aliphatic heterocycles. The maximum atomic E-state index is 13.1. The Morgan fingerprint density at radius 3 is 3.00 bits per heavy atom. The monoisotopic (exact) mass is 373 g/mol. The minimum absolute atomic E-state index is 0.00411. The third kappa shape index (κ3) is 2.85. The first-order chi connectivity index (χ1) is 12.1. The number of nitrogens with zero attached hydrogens (tertiary/aromatic N) is 2. The molecule has 3 aromatic heterocycles. The zero-order chi connectivity index (χ0) is 17.6. The van der Waals surface area contributed by atoms with Gasteiger partial charge in [-0.2, -0.15) is 0 Å². The molecule has 0 saturated carbocycles.